The molecule has 4 atom stereocenters. The lowest BCUT2D eigenvalue weighted by Gasteiger charge is -2.32. The van der Waals surface area contributed by atoms with E-state index in [9.17, 15) is 24.6 Å². The molecule has 2 bridgehead atoms. The highest BCUT2D eigenvalue weighted by Gasteiger charge is 2.69. The summed E-state index contributed by atoms with van der Waals surface area (Å²) in [5.74, 6) is 10.6. The quantitative estimate of drug-likeness (QED) is 0.0971. The maximum atomic E-state index is 14.0. The monoisotopic (exact) mass is 618 g/mol. The van der Waals surface area contributed by atoms with Crippen LogP contribution < -0.4 is 5.32 Å². The molecule has 1 unspecified atom stereocenters. The molecule has 1 fully saturated rings. The van der Waals surface area contributed by atoms with Gasteiger partial charge in [0.25, 0.3) is 0 Å². The number of nitrogens with zero attached hydrogens (tertiary/aromatic N) is 1. The van der Waals surface area contributed by atoms with Crippen molar-refractivity contribution in [3.8, 4) is 29.4 Å². The topological polar surface area (TPSA) is 129 Å². The van der Waals surface area contributed by atoms with Crippen LogP contribution in [-0.4, -0.2) is 70.4 Å². The molecule has 0 aromatic heterocycles. The van der Waals surface area contributed by atoms with E-state index in [0.29, 0.717) is 16.9 Å². The number of anilines is 1. The Morgan fingerprint density at radius 2 is 1.80 bits per heavy atom. The van der Waals surface area contributed by atoms with Gasteiger partial charge >= 0.3 is 6.09 Å². The maximum Gasteiger partial charge on any atom is 0.409 e. The van der Waals surface area contributed by atoms with Gasteiger partial charge in [-0.15, -0.1) is 11.8 Å². The third kappa shape index (κ3) is 4.84. The summed E-state index contributed by atoms with van der Waals surface area (Å²) in [6, 6.07) is 15.4. The van der Waals surface area contributed by atoms with Crippen LogP contribution in [0.5, 0.6) is 5.75 Å². The fourth-order valence-electron chi connectivity index (χ4n) is 6.06. The Balaban J connectivity index is 1.13. The van der Waals surface area contributed by atoms with E-state index in [2.05, 4.69) is 29.0 Å². The van der Waals surface area contributed by atoms with Crippen LogP contribution in [0.2, 0.25) is 0 Å². The zero-order valence-corrected chi connectivity index (χ0v) is 24.8. The number of fused-ring (bicyclic) bond motifs is 4. The van der Waals surface area contributed by atoms with Crippen LogP contribution in [0.4, 0.5) is 10.5 Å². The van der Waals surface area contributed by atoms with Crippen molar-refractivity contribution in [3.05, 3.63) is 100 Å². The summed E-state index contributed by atoms with van der Waals surface area (Å²) >= 11 is 1.58. The number of carbonyl (C=O) groups excluding carboxylic acids is 3. The first-order valence-electron chi connectivity index (χ1n) is 14.3. The maximum absolute atomic E-state index is 14.0. The summed E-state index contributed by atoms with van der Waals surface area (Å²) in [7, 11) is 1.59. The second-order valence-electron chi connectivity index (χ2n) is 11.0. The van der Waals surface area contributed by atoms with Gasteiger partial charge in [-0.3, -0.25) is 9.59 Å². The van der Waals surface area contributed by atoms with Crippen LogP contribution >= 0.6 is 11.8 Å². The van der Waals surface area contributed by atoms with Gasteiger partial charge in [0.2, 0.25) is 0 Å². The highest BCUT2D eigenvalue weighted by atomic mass is 32.2. The van der Waals surface area contributed by atoms with E-state index < -0.39 is 47.3 Å². The molecule has 10 heteroatoms. The number of benzene rings is 3. The van der Waals surface area contributed by atoms with Crippen molar-refractivity contribution >= 4 is 35.1 Å². The van der Waals surface area contributed by atoms with Crippen LogP contribution in [0.3, 0.4) is 0 Å². The smallest absolute Gasteiger partial charge is 0.409 e. The summed E-state index contributed by atoms with van der Waals surface area (Å²) in [5, 5.41) is 25.4. The van der Waals surface area contributed by atoms with Crippen LogP contribution in [-0.2, 0) is 21.6 Å². The van der Waals surface area contributed by atoms with E-state index in [1.54, 1.807) is 43.1 Å². The Morgan fingerprint density at radius 1 is 1.04 bits per heavy atom. The van der Waals surface area contributed by atoms with Crippen molar-refractivity contribution in [2.24, 2.45) is 0 Å². The number of phenolic OH excluding ortho intramolecular Hbond substituents is 1. The number of allylic oxidation sites excluding steroid dienone is 2. The Morgan fingerprint density at radius 3 is 2.60 bits per heavy atom. The van der Waals surface area contributed by atoms with Crippen molar-refractivity contribution in [3.63, 3.8) is 0 Å². The fraction of sp³-hybridized carbons (Fsp3) is 0.229. The van der Waals surface area contributed by atoms with Gasteiger partial charge in [-0.2, -0.15) is 0 Å². The zero-order chi connectivity index (χ0) is 31.3. The molecular weight excluding hydrogens is 592 g/mol. The van der Waals surface area contributed by atoms with Gasteiger partial charge in [0.1, 0.15) is 24.5 Å². The molecule has 2 heterocycles. The van der Waals surface area contributed by atoms with Crippen LogP contribution in [0.1, 0.15) is 43.0 Å². The Hall–Kier alpha value is -5.00. The second-order valence-corrected chi connectivity index (χ2v) is 12.2. The van der Waals surface area contributed by atoms with Crippen LogP contribution in [0, 0.1) is 23.7 Å². The number of hydrogen-bond acceptors (Lipinski definition) is 9. The molecular formula is C35H26N2O7S. The Kier molecular flexibility index (Phi) is 7.14. The molecule has 9 nitrogen and oxygen atoms in total. The van der Waals surface area contributed by atoms with E-state index in [4.69, 9.17) is 9.47 Å². The largest absolute Gasteiger partial charge is 0.507 e. The van der Waals surface area contributed by atoms with Gasteiger partial charge in [-0.05, 0) is 48.0 Å². The molecule has 224 valence electrons. The lowest BCUT2D eigenvalue weighted by Crippen LogP contribution is -2.42. The number of aromatic hydroxyl groups is 1. The van der Waals surface area contributed by atoms with Gasteiger partial charge in [0.15, 0.2) is 23.3 Å². The Bertz CT molecular complexity index is 1930. The van der Waals surface area contributed by atoms with Crippen LogP contribution in [0.15, 0.2) is 71.6 Å². The highest BCUT2D eigenvalue weighted by Crippen LogP contribution is 2.59. The van der Waals surface area contributed by atoms with E-state index in [0.717, 1.165) is 4.90 Å². The van der Waals surface area contributed by atoms with Gasteiger partial charge in [-0.25, -0.2) is 4.79 Å². The van der Waals surface area contributed by atoms with E-state index in [1.165, 1.54) is 17.0 Å². The molecule has 45 heavy (non-hydrogen) atoms. The summed E-state index contributed by atoms with van der Waals surface area (Å²) < 4.78 is 11.4. The number of amides is 1. The second kappa shape index (κ2) is 11.2. The third-order valence-electron chi connectivity index (χ3n) is 8.21. The number of hydrogen-bond donors (Lipinski definition) is 3. The number of phenols is 1. The van der Waals surface area contributed by atoms with Crippen molar-refractivity contribution in [2.75, 3.05) is 24.7 Å². The molecule has 3 aromatic rings. The SMILES string of the molecule is CN(Cc1ccc2c(c1)C(=O)c1c(O)cc3c(c1C2=O)N[C@H]1C#C/C=C\C#C[C@@H](O)[C@@]32OC12)C(=O)OCCSc1ccccc1. The van der Waals surface area contributed by atoms with Crippen molar-refractivity contribution in [1.82, 2.24) is 4.90 Å². The van der Waals surface area contributed by atoms with Gasteiger partial charge in [0.05, 0.1) is 16.8 Å². The minimum Gasteiger partial charge on any atom is -0.507 e. The first kappa shape index (κ1) is 28.8. The van der Waals surface area contributed by atoms with Crippen molar-refractivity contribution in [2.45, 2.75) is 35.3 Å². The standard InChI is InChI=1S/C35H26N2O7S/c1-37(34(42)43-15-16-45-21-9-5-4-6-10-21)19-20-13-14-22-23(17-20)32(41)28-26(38)18-24-30(29(28)31(22)40)36-25-11-7-2-3-8-12-27(39)35(24)33(25)44-35/h2-6,9-10,13-14,17-18,25,27,33,36,38-39H,15-16,19H2,1H3/b3-2-/t25-,27+,33?,35-/m0/s1. The number of nitrogens with one attached hydrogen (secondary N) is 1. The molecule has 0 spiro atoms. The molecule has 0 saturated carbocycles. The van der Waals surface area contributed by atoms with E-state index in [1.807, 2.05) is 30.3 Å². The normalized spacial score (nSPS) is 23.6. The molecule has 0 radical (unpaired) electrons. The predicted octanol–water partition coefficient (Wildman–Crippen LogP) is 3.85. The highest BCUT2D eigenvalue weighted by molar-refractivity contribution is 7.99. The molecule has 2 aliphatic heterocycles. The summed E-state index contributed by atoms with van der Waals surface area (Å²) in [4.78, 5) is 42.9. The number of ether oxygens (including phenoxy) is 2. The first-order chi connectivity index (χ1) is 21.8. The third-order valence-corrected chi connectivity index (χ3v) is 9.19. The number of aliphatic hydroxyl groups is 1. The average molecular weight is 619 g/mol. The lowest BCUT2D eigenvalue weighted by molar-refractivity contribution is 0.0975. The molecule has 1 amide bonds. The number of thioether (sulfide) groups is 1. The van der Waals surface area contributed by atoms with Gasteiger partial charge in [-0.1, -0.05) is 47.9 Å². The number of carbonyl (C=O) groups is 3. The van der Waals surface area contributed by atoms with Gasteiger partial charge < -0.3 is 29.9 Å². The molecule has 1 saturated heterocycles. The molecule has 7 rings (SSSR count). The molecule has 3 N–H and O–H groups in total. The predicted molar refractivity (Wildman–Crippen MR) is 166 cm³/mol. The lowest BCUT2D eigenvalue weighted by atomic mass is 9.75. The first-order valence-corrected chi connectivity index (χ1v) is 15.3. The number of rotatable bonds is 6. The average Bonchev–Trinajstić information content (AvgIpc) is 3.81. The van der Waals surface area contributed by atoms with Crippen LogP contribution in [0.25, 0.3) is 0 Å². The summed E-state index contributed by atoms with van der Waals surface area (Å²) in [5.41, 5.74) is 0.0596. The van der Waals surface area contributed by atoms with E-state index in [-0.39, 0.29) is 41.1 Å². The molecule has 2 aliphatic carbocycles. The zero-order valence-electron chi connectivity index (χ0n) is 24.0. The number of ketones is 2. The molecule has 4 aliphatic rings. The summed E-state index contributed by atoms with van der Waals surface area (Å²) in [6.45, 7) is 0.368. The van der Waals surface area contributed by atoms with Gasteiger partial charge in [0, 0.05) is 40.9 Å². The minimum atomic E-state index is -1.31. The summed E-state index contributed by atoms with van der Waals surface area (Å²) in [6.07, 6.45) is 0.740. The number of epoxide rings is 1. The fourth-order valence-corrected chi connectivity index (χ4v) is 6.81. The van der Waals surface area contributed by atoms with Crippen molar-refractivity contribution < 1.29 is 34.1 Å². The van der Waals surface area contributed by atoms with E-state index >= 15 is 0 Å². The minimum absolute atomic E-state index is 0.00259. The Labute approximate surface area is 263 Å². The van der Waals surface area contributed by atoms with Crippen molar-refractivity contribution in [1.29, 1.82) is 0 Å². The number of aliphatic hydroxyl groups excluding tert-OH is 1. The molecule has 3 aromatic carbocycles.